The molecule has 90 valence electrons. The number of imidazole rings is 1. The molecule has 0 aliphatic heterocycles. The Morgan fingerprint density at radius 2 is 1.78 bits per heavy atom. The van der Waals surface area contributed by atoms with Crippen molar-refractivity contribution >= 4 is 48.6 Å². The summed E-state index contributed by atoms with van der Waals surface area (Å²) in [7, 11) is 0. The van der Waals surface area contributed by atoms with Gasteiger partial charge in [0.15, 0.2) is 0 Å². The Hall–Kier alpha value is -1.33. The van der Waals surface area contributed by atoms with Crippen LogP contribution in [-0.2, 0) is 0 Å². The molecule has 3 rings (SSSR count). The lowest BCUT2D eigenvalue weighted by Gasteiger charge is -2.09. The number of nitrogens with two attached hydrogens (primary N) is 1. The van der Waals surface area contributed by atoms with Crippen molar-refractivity contribution < 1.29 is 0 Å². The van der Waals surface area contributed by atoms with Gasteiger partial charge in [0.05, 0.1) is 16.7 Å². The van der Waals surface area contributed by atoms with Crippen LogP contribution in [0.3, 0.4) is 0 Å². The smallest absolute Gasteiger partial charge is 0.100 e. The molecular formula is C13H9Br2N3. The summed E-state index contributed by atoms with van der Waals surface area (Å²) in [4.78, 5) is 4.38. The van der Waals surface area contributed by atoms with Gasteiger partial charge in [-0.15, -0.1) is 0 Å². The molecule has 0 amide bonds. The molecule has 2 N–H and O–H groups in total. The van der Waals surface area contributed by atoms with Crippen molar-refractivity contribution in [3.63, 3.8) is 0 Å². The lowest BCUT2D eigenvalue weighted by atomic mass is 10.2. The number of aromatic nitrogens is 2. The van der Waals surface area contributed by atoms with Crippen LogP contribution in [0.4, 0.5) is 5.69 Å². The molecule has 0 unspecified atom stereocenters. The lowest BCUT2D eigenvalue weighted by Crippen LogP contribution is -1.95. The van der Waals surface area contributed by atoms with E-state index in [0.717, 1.165) is 31.4 Å². The molecule has 2 aromatic carbocycles. The summed E-state index contributed by atoms with van der Waals surface area (Å²) in [6.45, 7) is 0. The molecule has 0 spiro atoms. The van der Waals surface area contributed by atoms with Gasteiger partial charge in [-0.3, -0.25) is 4.57 Å². The third-order valence-electron chi connectivity index (χ3n) is 2.75. The van der Waals surface area contributed by atoms with Crippen LogP contribution in [0, 0.1) is 0 Å². The average Bonchev–Trinajstić information content (AvgIpc) is 2.72. The number of para-hydroxylation sites is 1. The highest BCUT2D eigenvalue weighted by atomic mass is 79.9. The summed E-state index contributed by atoms with van der Waals surface area (Å²) in [6, 6.07) is 11.7. The van der Waals surface area contributed by atoms with E-state index >= 15 is 0 Å². The molecule has 0 aliphatic carbocycles. The zero-order chi connectivity index (χ0) is 12.7. The minimum absolute atomic E-state index is 0.721. The van der Waals surface area contributed by atoms with Crippen LogP contribution in [0.1, 0.15) is 0 Å². The highest BCUT2D eigenvalue weighted by Gasteiger charge is 2.10. The molecular weight excluding hydrogens is 358 g/mol. The molecule has 0 atom stereocenters. The van der Waals surface area contributed by atoms with Gasteiger partial charge < -0.3 is 5.73 Å². The first-order valence-electron chi connectivity index (χ1n) is 5.34. The fourth-order valence-electron chi connectivity index (χ4n) is 1.93. The molecule has 0 radical (unpaired) electrons. The largest absolute Gasteiger partial charge is 0.399 e. The lowest BCUT2D eigenvalue weighted by molar-refractivity contribution is 1.08. The summed E-state index contributed by atoms with van der Waals surface area (Å²) >= 11 is 7.13. The summed E-state index contributed by atoms with van der Waals surface area (Å²) in [5.41, 5.74) is 9.43. The van der Waals surface area contributed by atoms with Gasteiger partial charge >= 0.3 is 0 Å². The van der Waals surface area contributed by atoms with Crippen molar-refractivity contribution in [1.29, 1.82) is 0 Å². The van der Waals surface area contributed by atoms with Gasteiger partial charge in [-0.1, -0.05) is 6.07 Å². The molecule has 18 heavy (non-hydrogen) atoms. The maximum atomic E-state index is 5.76. The minimum Gasteiger partial charge on any atom is -0.399 e. The monoisotopic (exact) mass is 365 g/mol. The van der Waals surface area contributed by atoms with Crippen molar-refractivity contribution in [2.75, 3.05) is 5.73 Å². The SMILES string of the molecule is Nc1ccc2c(c1)ncn2-c1c(Br)cccc1Br. The Labute approximate surface area is 121 Å². The average molecular weight is 367 g/mol. The number of halogens is 2. The predicted molar refractivity (Wildman–Crippen MR) is 80.9 cm³/mol. The second-order valence-corrected chi connectivity index (χ2v) is 5.64. The van der Waals surface area contributed by atoms with Crippen LogP contribution >= 0.6 is 31.9 Å². The summed E-state index contributed by atoms with van der Waals surface area (Å²) in [5.74, 6) is 0. The van der Waals surface area contributed by atoms with Gasteiger partial charge in [-0.05, 0) is 62.2 Å². The number of hydrogen-bond acceptors (Lipinski definition) is 2. The quantitative estimate of drug-likeness (QED) is 0.658. The predicted octanol–water partition coefficient (Wildman–Crippen LogP) is 4.13. The molecule has 3 aromatic rings. The third kappa shape index (κ3) is 1.83. The van der Waals surface area contributed by atoms with E-state index in [1.54, 1.807) is 6.33 Å². The molecule has 0 bridgehead atoms. The molecule has 1 heterocycles. The fraction of sp³-hybridized carbons (Fsp3) is 0. The number of anilines is 1. The second kappa shape index (κ2) is 4.40. The molecule has 0 aliphatic rings. The van der Waals surface area contributed by atoms with E-state index in [9.17, 15) is 0 Å². The zero-order valence-corrected chi connectivity index (χ0v) is 12.4. The number of benzene rings is 2. The molecule has 0 saturated carbocycles. The first kappa shape index (κ1) is 11.7. The van der Waals surface area contributed by atoms with Crippen LogP contribution in [-0.4, -0.2) is 9.55 Å². The van der Waals surface area contributed by atoms with Gasteiger partial charge in [0.25, 0.3) is 0 Å². The van der Waals surface area contributed by atoms with Crippen molar-refractivity contribution in [1.82, 2.24) is 9.55 Å². The maximum Gasteiger partial charge on any atom is 0.100 e. The van der Waals surface area contributed by atoms with Crippen LogP contribution in [0.15, 0.2) is 51.7 Å². The number of nitrogens with zero attached hydrogens (tertiary/aromatic N) is 2. The van der Waals surface area contributed by atoms with Crippen molar-refractivity contribution in [2.24, 2.45) is 0 Å². The Morgan fingerprint density at radius 3 is 2.50 bits per heavy atom. The highest BCUT2D eigenvalue weighted by Crippen LogP contribution is 2.31. The first-order valence-corrected chi connectivity index (χ1v) is 6.92. The Balaban J connectivity index is 2.32. The Kier molecular flexibility index (Phi) is 2.87. The van der Waals surface area contributed by atoms with E-state index in [4.69, 9.17) is 5.73 Å². The van der Waals surface area contributed by atoms with Crippen molar-refractivity contribution in [3.05, 3.63) is 51.7 Å². The zero-order valence-electron chi connectivity index (χ0n) is 9.27. The van der Waals surface area contributed by atoms with E-state index in [2.05, 4.69) is 36.8 Å². The van der Waals surface area contributed by atoms with E-state index in [1.807, 2.05) is 41.0 Å². The number of rotatable bonds is 1. The van der Waals surface area contributed by atoms with Crippen LogP contribution in [0.5, 0.6) is 0 Å². The van der Waals surface area contributed by atoms with E-state index < -0.39 is 0 Å². The van der Waals surface area contributed by atoms with Gasteiger partial charge in [-0.25, -0.2) is 4.98 Å². The Bertz CT molecular complexity index is 714. The minimum atomic E-state index is 0.721. The fourth-order valence-corrected chi connectivity index (χ4v) is 3.31. The van der Waals surface area contributed by atoms with Gasteiger partial charge in [0, 0.05) is 14.6 Å². The van der Waals surface area contributed by atoms with Crippen LogP contribution in [0.25, 0.3) is 16.7 Å². The van der Waals surface area contributed by atoms with Crippen molar-refractivity contribution in [3.8, 4) is 5.69 Å². The van der Waals surface area contributed by atoms with E-state index in [-0.39, 0.29) is 0 Å². The number of hydrogen-bond donors (Lipinski definition) is 1. The van der Waals surface area contributed by atoms with Gasteiger partial charge in [0.1, 0.15) is 6.33 Å². The van der Waals surface area contributed by atoms with Crippen molar-refractivity contribution in [2.45, 2.75) is 0 Å². The maximum absolute atomic E-state index is 5.76. The molecule has 3 nitrogen and oxygen atoms in total. The normalized spacial score (nSPS) is 11.0. The number of nitrogen functional groups attached to an aromatic ring is 1. The van der Waals surface area contributed by atoms with Gasteiger partial charge in [0.2, 0.25) is 0 Å². The third-order valence-corrected chi connectivity index (χ3v) is 4.03. The second-order valence-electron chi connectivity index (χ2n) is 3.93. The number of fused-ring (bicyclic) bond motifs is 1. The Morgan fingerprint density at radius 1 is 1.06 bits per heavy atom. The summed E-state index contributed by atoms with van der Waals surface area (Å²) in [6.07, 6.45) is 1.80. The molecule has 0 saturated heterocycles. The molecule has 5 heteroatoms. The van der Waals surface area contributed by atoms with Crippen LogP contribution < -0.4 is 5.73 Å². The van der Waals surface area contributed by atoms with Gasteiger partial charge in [-0.2, -0.15) is 0 Å². The molecule has 1 aromatic heterocycles. The first-order chi connectivity index (χ1) is 8.66. The summed E-state index contributed by atoms with van der Waals surface area (Å²) < 4.78 is 4.05. The highest BCUT2D eigenvalue weighted by molar-refractivity contribution is 9.11. The van der Waals surface area contributed by atoms with E-state index in [1.165, 1.54) is 0 Å². The van der Waals surface area contributed by atoms with E-state index in [0.29, 0.717) is 0 Å². The standard InChI is InChI=1S/C13H9Br2N3/c14-9-2-1-3-10(15)13(9)18-7-17-11-6-8(16)4-5-12(11)18/h1-7H,16H2. The molecule has 0 fully saturated rings. The summed E-state index contributed by atoms with van der Waals surface area (Å²) in [5, 5.41) is 0. The topological polar surface area (TPSA) is 43.8 Å². The van der Waals surface area contributed by atoms with Crippen LogP contribution in [0.2, 0.25) is 0 Å².